The van der Waals surface area contributed by atoms with E-state index in [-0.39, 0.29) is 0 Å². The van der Waals surface area contributed by atoms with Gasteiger partial charge in [0.15, 0.2) is 0 Å². The molecule has 0 fully saturated rings. The van der Waals surface area contributed by atoms with Gasteiger partial charge in [0.2, 0.25) is 0 Å². The van der Waals surface area contributed by atoms with E-state index in [4.69, 9.17) is 0 Å². The van der Waals surface area contributed by atoms with Crippen molar-refractivity contribution >= 4 is 11.9 Å². The zero-order chi connectivity index (χ0) is 7.82. The molecule has 0 bridgehead atoms. The largest absolute Gasteiger partial charge is 0.261 e. The van der Waals surface area contributed by atoms with E-state index in [1.165, 1.54) is 25.7 Å². The second kappa shape index (κ2) is 7.42. The molecule has 0 amide bonds. The second-order valence-corrected chi connectivity index (χ2v) is 3.24. The monoisotopic (exact) mass is 161 g/mol. The summed E-state index contributed by atoms with van der Waals surface area (Å²) in [5.41, 5.74) is 0. The summed E-state index contributed by atoms with van der Waals surface area (Å²) in [5, 5.41) is 0. The van der Waals surface area contributed by atoms with Crippen molar-refractivity contribution < 1.29 is 0 Å². The fraction of sp³-hybridized carbons (Fsp3) is 1.00. The molecule has 0 atom stereocenters. The van der Waals surface area contributed by atoms with Crippen molar-refractivity contribution in [3.8, 4) is 0 Å². The lowest BCUT2D eigenvalue weighted by atomic mass is 10.1. The zero-order valence-electron chi connectivity index (χ0n) is 7.31. The molecule has 1 nitrogen and oxygen atoms in total. The normalized spacial score (nSPS) is 10.8. The van der Waals surface area contributed by atoms with Gasteiger partial charge in [0.1, 0.15) is 0 Å². The van der Waals surface area contributed by atoms with Crippen LogP contribution in [0.1, 0.15) is 39.5 Å². The minimum absolute atomic E-state index is 0.741. The van der Waals surface area contributed by atoms with Crippen molar-refractivity contribution in [2.75, 3.05) is 6.26 Å². The number of hydrogen-bond donors (Lipinski definition) is 1. The Kier molecular flexibility index (Phi) is 7.65. The third-order valence-corrected chi connectivity index (χ3v) is 2.13. The van der Waals surface area contributed by atoms with E-state index in [0.29, 0.717) is 0 Å². The van der Waals surface area contributed by atoms with Crippen molar-refractivity contribution in [1.29, 1.82) is 0 Å². The first-order valence-corrected chi connectivity index (χ1v) is 5.36. The maximum atomic E-state index is 3.40. The smallest absolute Gasteiger partial charge is 0.0171 e. The summed E-state index contributed by atoms with van der Waals surface area (Å²) in [5.74, 6) is 0. The number of hydrogen-bond acceptors (Lipinski definition) is 2. The van der Waals surface area contributed by atoms with Crippen LogP contribution < -0.4 is 4.72 Å². The van der Waals surface area contributed by atoms with Crippen molar-refractivity contribution in [1.82, 2.24) is 4.72 Å². The molecule has 62 valence electrons. The van der Waals surface area contributed by atoms with E-state index in [1.54, 1.807) is 11.9 Å². The molecule has 2 heteroatoms. The van der Waals surface area contributed by atoms with Crippen molar-refractivity contribution in [2.45, 2.75) is 45.6 Å². The predicted octanol–water partition coefficient (Wildman–Crippen LogP) is 2.82. The molecule has 0 saturated carbocycles. The average molecular weight is 161 g/mol. The van der Waals surface area contributed by atoms with E-state index in [9.17, 15) is 0 Å². The molecule has 0 spiro atoms. The van der Waals surface area contributed by atoms with Gasteiger partial charge in [0.05, 0.1) is 0 Å². The van der Waals surface area contributed by atoms with Gasteiger partial charge in [-0.3, -0.25) is 4.72 Å². The molecule has 0 aromatic rings. The van der Waals surface area contributed by atoms with Crippen LogP contribution in [-0.4, -0.2) is 12.3 Å². The summed E-state index contributed by atoms with van der Waals surface area (Å²) in [6, 6.07) is 0.741. The Morgan fingerprint density at radius 3 is 2.00 bits per heavy atom. The summed E-state index contributed by atoms with van der Waals surface area (Å²) >= 11 is 1.74. The molecular formula is C8H19NS. The van der Waals surface area contributed by atoms with Gasteiger partial charge in [-0.1, -0.05) is 38.6 Å². The Balaban J connectivity index is 3.30. The van der Waals surface area contributed by atoms with Crippen LogP contribution in [0.4, 0.5) is 0 Å². The zero-order valence-corrected chi connectivity index (χ0v) is 8.13. The summed E-state index contributed by atoms with van der Waals surface area (Å²) in [4.78, 5) is 0. The first-order chi connectivity index (χ1) is 4.85. The summed E-state index contributed by atoms with van der Waals surface area (Å²) in [7, 11) is 0. The fourth-order valence-electron chi connectivity index (χ4n) is 1.13. The highest BCUT2D eigenvalue weighted by molar-refractivity contribution is 7.96. The van der Waals surface area contributed by atoms with Gasteiger partial charge in [-0.2, -0.15) is 0 Å². The van der Waals surface area contributed by atoms with Crippen LogP contribution in [0.2, 0.25) is 0 Å². The van der Waals surface area contributed by atoms with Crippen LogP contribution >= 0.6 is 11.9 Å². The third-order valence-electron chi connectivity index (χ3n) is 1.56. The molecule has 0 saturated heterocycles. The lowest BCUT2D eigenvalue weighted by Gasteiger charge is -2.14. The quantitative estimate of drug-likeness (QED) is 0.601. The first kappa shape index (κ1) is 10.3. The molecule has 0 aliphatic rings. The Hall–Kier alpha value is 0.310. The standard InChI is InChI=1S/C8H19NS/c1-4-6-8(7-5-2)9-10-3/h8-9H,4-7H2,1-3H3. The van der Waals surface area contributed by atoms with E-state index in [2.05, 4.69) is 24.8 Å². The van der Waals surface area contributed by atoms with Crippen LogP contribution in [0.15, 0.2) is 0 Å². The lowest BCUT2D eigenvalue weighted by molar-refractivity contribution is 0.526. The highest BCUT2D eigenvalue weighted by Crippen LogP contribution is 2.06. The topological polar surface area (TPSA) is 12.0 Å². The van der Waals surface area contributed by atoms with Gasteiger partial charge in [-0.05, 0) is 19.1 Å². The van der Waals surface area contributed by atoms with Crippen LogP contribution in [-0.2, 0) is 0 Å². The minimum atomic E-state index is 0.741. The van der Waals surface area contributed by atoms with Crippen LogP contribution in [0, 0.1) is 0 Å². The number of nitrogens with one attached hydrogen (secondary N) is 1. The molecule has 0 rings (SSSR count). The Bertz CT molecular complexity index is 52.0. The van der Waals surface area contributed by atoms with E-state index >= 15 is 0 Å². The van der Waals surface area contributed by atoms with Crippen molar-refractivity contribution in [3.05, 3.63) is 0 Å². The summed E-state index contributed by atoms with van der Waals surface area (Å²) < 4.78 is 3.40. The molecule has 1 N–H and O–H groups in total. The molecule has 0 radical (unpaired) electrons. The minimum Gasteiger partial charge on any atom is -0.261 e. The van der Waals surface area contributed by atoms with E-state index in [1.807, 2.05) is 0 Å². The van der Waals surface area contributed by atoms with Gasteiger partial charge in [0, 0.05) is 6.04 Å². The highest BCUT2D eigenvalue weighted by atomic mass is 32.2. The predicted molar refractivity (Wildman–Crippen MR) is 50.3 cm³/mol. The van der Waals surface area contributed by atoms with Gasteiger partial charge in [-0.15, -0.1) is 0 Å². The van der Waals surface area contributed by atoms with Gasteiger partial charge < -0.3 is 0 Å². The van der Waals surface area contributed by atoms with Crippen molar-refractivity contribution in [2.24, 2.45) is 0 Å². The molecule has 0 heterocycles. The Morgan fingerprint density at radius 2 is 1.70 bits per heavy atom. The van der Waals surface area contributed by atoms with Gasteiger partial charge in [-0.25, -0.2) is 0 Å². The SMILES string of the molecule is CCCC(CCC)NSC. The summed E-state index contributed by atoms with van der Waals surface area (Å²) in [6.07, 6.45) is 7.30. The molecule has 10 heavy (non-hydrogen) atoms. The van der Waals surface area contributed by atoms with Gasteiger partial charge in [0.25, 0.3) is 0 Å². The molecule has 0 aromatic heterocycles. The Labute approximate surface area is 69.1 Å². The van der Waals surface area contributed by atoms with Crippen LogP contribution in [0.5, 0.6) is 0 Å². The lowest BCUT2D eigenvalue weighted by Crippen LogP contribution is -2.21. The molecule has 0 aromatic carbocycles. The molecule has 0 aliphatic heterocycles. The third kappa shape index (κ3) is 5.12. The maximum absolute atomic E-state index is 3.40. The number of rotatable bonds is 6. The maximum Gasteiger partial charge on any atom is 0.0171 e. The highest BCUT2D eigenvalue weighted by Gasteiger charge is 2.02. The molecule has 0 aliphatic carbocycles. The van der Waals surface area contributed by atoms with Gasteiger partial charge >= 0.3 is 0 Å². The molecular weight excluding hydrogens is 142 g/mol. The second-order valence-electron chi connectivity index (χ2n) is 2.60. The summed E-state index contributed by atoms with van der Waals surface area (Å²) in [6.45, 7) is 4.48. The molecule has 0 unspecified atom stereocenters. The van der Waals surface area contributed by atoms with E-state index < -0.39 is 0 Å². The van der Waals surface area contributed by atoms with E-state index in [0.717, 1.165) is 6.04 Å². The van der Waals surface area contributed by atoms with Crippen LogP contribution in [0.25, 0.3) is 0 Å². The first-order valence-electron chi connectivity index (χ1n) is 4.13. The fourth-order valence-corrected chi connectivity index (χ4v) is 1.69. The Morgan fingerprint density at radius 1 is 1.20 bits per heavy atom. The van der Waals surface area contributed by atoms with Crippen molar-refractivity contribution in [3.63, 3.8) is 0 Å². The average Bonchev–Trinajstić information content (AvgIpc) is 1.90. The van der Waals surface area contributed by atoms with Crippen LogP contribution in [0.3, 0.4) is 0 Å².